The molecule has 3 fully saturated rings. The van der Waals surface area contributed by atoms with E-state index in [1.807, 2.05) is 13.0 Å². The van der Waals surface area contributed by atoms with Crippen LogP contribution in [0.5, 0.6) is 0 Å². The van der Waals surface area contributed by atoms with Gasteiger partial charge < -0.3 is 15.3 Å². The molecule has 4 aliphatic rings. The molecule has 3 N–H and O–H groups in total. The van der Waals surface area contributed by atoms with E-state index in [0.29, 0.717) is 12.8 Å². The first-order chi connectivity index (χ1) is 12.6. The second-order valence-electron chi connectivity index (χ2n) is 9.72. The third-order valence-electron chi connectivity index (χ3n) is 8.57. The van der Waals surface area contributed by atoms with E-state index in [9.17, 15) is 24.9 Å². The largest absolute Gasteiger partial charge is 0.393 e. The number of ketones is 2. The molecule has 27 heavy (non-hydrogen) atoms. The first-order valence-corrected chi connectivity index (χ1v) is 10.1. The van der Waals surface area contributed by atoms with E-state index in [1.165, 1.54) is 0 Å². The van der Waals surface area contributed by atoms with Crippen molar-refractivity contribution >= 4 is 11.6 Å². The molecule has 8 atom stereocenters. The number of hydrogen-bond acceptors (Lipinski definition) is 5. The maximum atomic E-state index is 12.4. The Morgan fingerprint density at radius 3 is 2.74 bits per heavy atom. The SMILES string of the molecule is C[C@H]1C[C@@H]2[C@H]([C@@H](O)C[C@@]3(C)[C@H]2CC[C@]3(O)C(=O)CO)[C@@]2(C)C=CC(=O)C=C12.[HH]. The van der Waals surface area contributed by atoms with E-state index in [0.717, 1.165) is 18.4 Å². The lowest BCUT2D eigenvalue weighted by Crippen LogP contribution is -2.62. The van der Waals surface area contributed by atoms with Gasteiger partial charge in [-0.05, 0) is 55.6 Å². The lowest BCUT2D eigenvalue weighted by molar-refractivity contribution is -0.180. The van der Waals surface area contributed by atoms with Crippen molar-refractivity contribution in [1.82, 2.24) is 0 Å². The van der Waals surface area contributed by atoms with Crippen molar-refractivity contribution in [2.45, 2.75) is 58.2 Å². The molecular weight excluding hydrogens is 344 g/mol. The van der Waals surface area contributed by atoms with Crippen LogP contribution in [0.3, 0.4) is 0 Å². The fourth-order valence-electron chi connectivity index (χ4n) is 7.34. The number of aliphatic hydroxyl groups is 3. The Bertz CT molecular complexity index is 760. The average Bonchev–Trinajstić information content (AvgIpc) is 2.87. The quantitative estimate of drug-likeness (QED) is 0.686. The zero-order chi connectivity index (χ0) is 19.8. The minimum absolute atomic E-state index is 0. The molecule has 150 valence electrons. The van der Waals surface area contributed by atoms with E-state index >= 15 is 0 Å². The highest BCUT2D eigenvalue weighted by molar-refractivity contribution is 6.01. The molecule has 3 saturated carbocycles. The molecule has 5 heteroatoms. The van der Waals surface area contributed by atoms with Crippen LogP contribution in [0.15, 0.2) is 23.8 Å². The van der Waals surface area contributed by atoms with Crippen LogP contribution in [0, 0.1) is 34.5 Å². The fraction of sp³-hybridized carbons (Fsp3) is 0.727. The van der Waals surface area contributed by atoms with Crippen molar-refractivity contribution in [2.75, 3.05) is 6.61 Å². The molecule has 4 rings (SSSR count). The summed E-state index contributed by atoms with van der Waals surface area (Å²) < 4.78 is 0. The van der Waals surface area contributed by atoms with Crippen LogP contribution >= 0.6 is 0 Å². The topological polar surface area (TPSA) is 94.8 Å². The standard InChI is InChI=1S/C22H30O5.H2/c1-12-8-14-15-5-7-22(27,18(26)11-23)21(15,3)10-17(25)19(14)20(2)6-4-13(24)9-16(12)20;/h4,6,9,12,14-15,17,19,23,25,27H,5,7-8,10-11H2,1-3H3;1H/t12-,14-,15-,17-,19+,20-,21-,22-;/m0./s1. The van der Waals surface area contributed by atoms with Gasteiger partial charge in [0.25, 0.3) is 0 Å². The summed E-state index contributed by atoms with van der Waals surface area (Å²) in [6.07, 6.45) is 6.87. The molecule has 0 aromatic carbocycles. The van der Waals surface area contributed by atoms with Crippen LogP contribution in [-0.2, 0) is 9.59 Å². The lowest BCUT2D eigenvalue weighted by atomic mass is 9.45. The number of aliphatic hydroxyl groups excluding tert-OH is 2. The van der Waals surface area contributed by atoms with Gasteiger partial charge in [0.05, 0.1) is 6.10 Å². The first-order valence-electron chi connectivity index (χ1n) is 10.1. The number of Topliss-reactive ketones (excluding diaryl/α,β-unsaturated/α-hetero) is 1. The Morgan fingerprint density at radius 1 is 1.37 bits per heavy atom. The first kappa shape index (κ1) is 19.0. The molecule has 0 saturated heterocycles. The summed E-state index contributed by atoms with van der Waals surface area (Å²) in [5, 5.41) is 31.9. The zero-order valence-corrected chi connectivity index (χ0v) is 16.3. The van der Waals surface area contributed by atoms with Gasteiger partial charge in [-0.25, -0.2) is 0 Å². The van der Waals surface area contributed by atoms with Gasteiger partial charge in [-0.2, -0.15) is 0 Å². The van der Waals surface area contributed by atoms with Gasteiger partial charge in [0.1, 0.15) is 12.2 Å². The Morgan fingerprint density at radius 2 is 2.07 bits per heavy atom. The molecule has 0 radical (unpaired) electrons. The summed E-state index contributed by atoms with van der Waals surface area (Å²) in [7, 11) is 0. The van der Waals surface area contributed by atoms with Crippen molar-refractivity contribution < 1.29 is 26.3 Å². The summed E-state index contributed by atoms with van der Waals surface area (Å²) in [6, 6.07) is 0. The Balaban J connectivity index is 0.00000225. The summed E-state index contributed by atoms with van der Waals surface area (Å²) in [5.41, 5.74) is -1.59. The molecule has 0 unspecified atom stereocenters. The number of hydrogen-bond donors (Lipinski definition) is 3. The van der Waals surface area contributed by atoms with Crippen LogP contribution in [0.25, 0.3) is 0 Å². The van der Waals surface area contributed by atoms with Gasteiger partial charge >= 0.3 is 0 Å². The third-order valence-corrected chi connectivity index (χ3v) is 8.57. The minimum Gasteiger partial charge on any atom is -0.393 e. The summed E-state index contributed by atoms with van der Waals surface area (Å²) >= 11 is 0. The highest BCUT2D eigenvalue weighted by atomic mass is 16.3. The molecule has 0 amide bonds. The van der Waals surface area contributed by atoms with Gasteiger partial charge in [-0.1, -0.05) is 32.4 Å². The third kappa shape index (κ3) is 2.28. The molecule has 0 bridgehead atoms. The maximum absolute atomic E-state index is 12.4. The summed E-state index contributed by atoms with van der Waals surface area (Å²) in [4.78, 5) is 24.4. The van der Waals surface area contributed by atoms with Crippen molar-refractivity contribution in [3.05, 3.63) is 23.8 Å². The predicted octanol–water partition coefficient (Wildman–Crippen LogP) is 2.05. The van der Waals surface area contributed by atoms with E-state index in [1.54, 1.807) is 12.2 Å². The minimum atomic E-state index is -1.57. The summed E-state index contributed by atoms with van der Waals surface area (Å²) in [5.74, 6) is -0.0768. The van der Waals surface area contributed by atoms with E-state index in [2.05, 4.69) is 13.8 Å². The van der Waals surface area contributed by atoms with Gasteiger partial charge in [-0.3, -0.25) is 9.59 Å². The van der Waals surface area contributed by atoms with Crippen LogP contribution in [0.1, 0.15) is 47.9 Å². The second kappa shape index (κ2) is 5.85. The van der Waals surface area contributed by atoms with E-state index < -0.39 is 29.5 Å². The molecule has 4 aliphatic carbocycles. The lowest BCUT2D eigenvalue weighted by Gasteiger charge is -2.60. The average molecular weight is 376 g/mol. The Kier molecular flexibility index (Phi) is 4.12. The normalized spacial score (nSPS) is 51.3. The second-order valence-corrected chi connectivity index (χ2v) is 9.72. The van der Waals surface area contributed by atoms with Gasteiger partial charge in [0.15, 0.2) is 11.6 Å². The number of carbonyl (C=O) groups excluding carboxylic acids is 2. The highest BCUT2D eigenvalue weighted by Gasteiger charge is 2.68. The smallest absolute Gasteiger partial charge is 0.190 e. The molecule has 0 aromatic rings. The Hall–Kier alpha value is -1.30. The molecule has 0 aliphatic heterocycles. The number of carbonyl (C=O) groups is 2. The van der Waals surface area contributed by atoms with Crippen molar-refractivity contribution in [3.8, 4) is 0 Å². The predicted molar refractivity (Wildman–Crippen MR) is 102 cm³/mol. The molecule has 0 aromatic heterocycles. The number of rotatable bonds is 2. The molecule has 0 spiro atoms. The molecular formula is C22H32O5. The van der Waals surface area contributed by atoms with Crippen LogP contribution < -0.4 is 0 Å². The highest BCUT2D eigenvalue weighted by Crippen LogP contribution is 2.67. The maximum Gasteiger partial charge on any atom is 0.190 e. The van der Waals surface area contributed by atoms with Crippen LogP contribution in [-0.4, -0.2) is 45.2 Å². The van der Waals surface area contributed by atoms with Gasteiger partial charge in [-0.15, -0.1) is 0 Å². The zero-order valence-electron chi connectivity index (χ0n) is 16.3. The van der Waals surface area contributed by atoms with E-state index in [-0.39, 0.29) is 36.3 Å². The number of fused-ring (bicyclic) bond motifs is 5. The van der Waals surface area contributed by atoms with Crippen molar-refractivity contribution in [1.29, 1.82) is 0 Å². The van der Waals surface area contributed by atoms with Crippen molar-refractivity contribution in [2.24, 2.45) is 34.5 Å². The van der Waals surface area contributed by atoms with Crippen molar-refractivity contribution in [3.63, 3.8) is 0 Å². The number of allylic oxidation sites excluding steroid dienone is 4. The molecule has 0 heterocycles. The Labute approximate surface area is 161 Å². The van der Waals surface area contributed by atoms with E-state index in [4.69, 9.17) is 0 Å². The summed E-state index contributed by atoms with van der Waals surface area (Å²) in [6.45, 7) is 5.48. The molecule has 5 nitrogen and oxygen atoms in total. The van der Waals surface area contributed by atoms with Crippen LogP contribution in [0.2, 0.25) is 0 Å². The fourth-order valence-corrected chi connectivity index (χ4v) is 7.34. The van der Waals surface area contributed by atoms with Crippen LogP contribution in [0.4, 0.5) is 0 Å². The monoisotopic (exact) mass is 376 g/mol. The van der Waals surface area contributed by atoms with Gasteiger partial charge in [0, 0.05) is 18.2 Å². The van der Waals surface area contributed by atoms with Gasteiger partial charge in [0.2, 0.25) is 0 Å².